The van der Waals surface area contributed by atoms with Gasteiger partial charge in [0, 0.05) is 12.0 Å². The van der Waals surface area contributed by atoms with Gasteiger partial charge in [-0.25, -0.2) is 4.98 Å². The number of rotatable bonds is 8. The maximum atomic E-state index is 5.84. The molecule has 1 heterocycles. The first-order valence-electron chi connectivity index (χ1n) is 8.60. The van der Waals surface area contributed by atoms with Gasteiger partial charge in [0.2, 0.25) is 5.89 Å². The van der Waals surface area contributed by atoms with Crippen LogP contribution in [0.3, 0.4) is 0 Å². The summed E-state index contributed by atoms with van der Waals surface area (Å²) in [5, 5.41) is 0. The first kappa shape index (κ1) is 17.0. The number of benzene rings is 2. The van der Waals surface area contributed by atoms with E-state index >= 15 is 0 Å². The molecule has 0 aliphatic carbocycles. The predicted octanol–water partition coefficient (Wildman–Crippen LogP) is 5.39. The lowest BCUT2D eigenvalue weighted by molar-refractivity contribution is 0.320. The van der Waals surface area contributed by atoms with E-state index in [1.165, 1.54) is 5.56 Å². The van der Waals surface area contributed by atoms with Gasteiger partial charge in [-0.2, -0.15) is 0 Å². The minimum absolute atomic E-state index is 0.577. The zero-order valence-electron chi connectivity index (χ0n) is 14.6. The van der Waals surface area contributed by atoms with Gasteiger partial charge in [-0.1, -0.05) is 36.4 Å². The third kappa shape index (κ3) is 4.60. The lowest BCUT2D eigenvalue weighted by atomic mass is 10.1. The molecule has 0 atom stereocenters. The average Bonchev–Trinajstić information content (AvgIpc) is 3.03. The summed E-state index contributed by atoms with van der Waals surface area (Å²) in [5.74, 6) is 2.40. The van der Waals surface area contributed by atoms with Crippen molar-refractivity contribution in [2.45, 2.75) is 26.2 Å². The summed E-state index contributed by atoms with van der Waals surface area (Å²) in [6.07, 6.45) is 4.67. The number of aryl methyl sites for hydroxylation is 2. The molecule has 0 N–H and O–H groups in total. The van der Waals surface area contributed by atoms with Crippen molar-refractivity contribution in [3.05, 3.63) is 84.3 Å². The molecule has 0 amide bonds. The predicted molar refractivity (Wildman–Crippen MR) is 101 cm³/mol. The van der Waals surface area contributed by atoms with E-state index in [1.54, 1.807) is 0 Å². The second kappa shape index (κ2) is 8.34. The molecule has 3 nitrogen and oxygen atoms in total. The van der Waals surface area contributed by atoms with Gasteiger partial charge in [-0.3, -0.25) is 0 Å². The van der Waals surface area contributed by atoms with Crippen molar-refractivity contribution in [1.82, 2.24) is 4.98 Å². The van der Waals surface area contributed by atoms with Crippen molar-refractivity contribution in [2.24, 2.45) is 0 Å². The van der Waals surface area contributed by atoms with Crippen LogP contribution in [0.5, 0.6) is 5.75 Å². The fraction of sp³-hybridized carbons (Fsp3) is 0.227. The van der Waals surface area contributed by atoms with Crippen LogP contribution >= 0.6 is 0 Å². The zero-order valence-corrected chi connectivity index (χ0v) is 14.6. The summed E-state index contributed by atoms with van der Waals surface area (Å²) in [5.41, 5.74) is 3.24. The lowest BCUT2D eigenvalue weighted by Crippen LogP contribution is -2.02. The van der Waals surface area contributed by atoms with Crippen LogP contribution in [0.15, 0.2) is 71.7 Å². The number of hydrogen-bond acceptors (Lipinski definition) is 3. The van der Waals surface area contributed by atoms with Crippen LogP contribution in [0.25, 0.3) is 11.5 Å². The van der Waals surface area contributed by atoms with E-state index < -0.39 is 0 Å². The third-order valence-corrected chi connectivity index (χ3v) is 4.08. The molecule has 25 heavy (non-hydrogen) atoms. The van der Waals surface area contributed by atoms with Crippen molar-refractivity contribution >= 4 is 0 Å². The standard InChI is InChI=1S/C22H23NO2/c1-3-4-8-18-11-13-20(14-12-18)24-16-15-21-17(2)25-22(23-21)19-9-6-5-7-10-19/h3,5-7,9-14H,1,4,8,15-16H2,2H3. The highest BCUT2D eigenvalue weighted by atomic mass is 16.5. The van der Waals surface area contributed by atoms with Gasteiger partial charge < -0.3 is 9.15 Å². The highest BCUT2D eigenvalue weighted by Gasteiger charge is 2.11. The Balaban J connectivity index is 1.55. The summed E-state index contributed by atoms with van der Waals surface area (Å²) in [6, 6.07) is 18.2. The molecule has 0 spiro atoms. The minimum Gasteiger partial charge on any atom is -0.493 e. The van der Waals surface area contributed by atoms with E-state index in [0.717, 1.165) is 42.0 Å². The maximum Gasteiger partial charge on any atom is 0.226 e. The topological polar surface area (TPSA) is 35.3 Å². The Hall–Kier alpha value is -2.81. The van der Waals surface area contributed by atoms with E-state index in [1.807, 2.05) is 55.5 Å². The average molecular weight is 333 g/mol. The van der Waals surface area contributed by atoms with Crippen LogP contribution in [-0.4, -0.2) is 11.6 Å². The van der Waals surface area contributed by atoms with Gasteiger partial charge in [0.1, 0.15) is 11.5 Å². The van der Waals surface area contributed by atoms with Crippen molar-refractivity contribution < 1.29 is 9.15 Å². The van der Waals surface area contributed by atoms with Crippen LogP contribution in [0.1, 0.15) is 23.4 Å². The Kier molecular flexibility index (Phi) is 5.68. The van der Waals surface area contributed by atoms with Crippen LogP contribution in [0.4, 0.5) is 0 Å². The van der Waals surface area contributed by atoms with Gasteiger partial charge in [-0.05, 0) is 49.6 Å². The molecule has 0 aliphatic rings. The van der Waals surface area contributed by atoms with E-state index in [0.29, 0.717) is 12.5 Å². The number of allylic oxidation sites excluding steroid dienone is 1. The largest absolute Gasteiger partial charge is 0.493 e. The molecule has 0 fully saturated rings. The van der Waals surface area contributed by atoms with Crippen molar-refractivity contribution in [2.75, 3.05) is 6.61 Å². The summed E-state index contributed by atoms with van der Waals surface area (Å²) in [4.78, 5) is 4.60. The summed E-state index contributed by atoms with van der Waals surface area (Å²) in [7, 11) is 0. The SMILES string of the molecule is C=CCCc1ccc(OCCc2nc(-c3ccccc3)oc2C)cc1. The molecule has 1 aromatic heterocycles. The van der Waals surface area contributed by atoms with E-state index in [9.17, 15) is 0 Å². The Morgan fingerprint density at radius 1 is 1.04 bits per heavy atom. The fourth-order valence-electron chi connectivity index (χ4n) is 2.65. The Morgan fingerprint density at radius 2 is 1.80 bits per heavy atom. The molecule has 0 unspecified atom stereocenters. The van der Waals surface area contributed by atoms with Crippen LogP contribution in [0, 0.1) is 6.92 Å². The smallest absolute Gasteiger partial charge is 0.226 e. The molecule has 0 bridgehead atoms. The van der Waals surface area contributed by atoms with Gasteiger partial charge in [0.15, 0.2) is 0 Å². The first-order chi connectivity index (χ1) is 12.3. The van der Waals surface area contributed by atoms with Crippen LogP contribution in [-0.2, 0) is 12.8 Å². The first-order valence-corrected chi connectivity index (χ1v) is 8.60. The quantitative estimate of drug-likeness (QED) is 0.518. The molecular formula is C22H23NO2. The normalized spacial score (nSPS) is 10.6. The molecule has 0 saturated heterocycles. The fourth-order valence-corrected chi connectivity index (χ4v) is 2.65. The summed E-state index contributed by atoms with van der Waals surface area (Å²) < 4.78 is 11.6. The number of aromatic nitrogens is 1. The molecule has 3 heteroatoms. The van der Waals surface area contributed by atoms with E-state index in [4.69, 9.17) is 9.15 Å². The van der Waals surface area contributed by atoms with Gasteiger partial charge >= 0.3 is 0 Å². The second-order valence-corrected chi connectivity index (χ2v) is 5.96. The van der Waals surface area contributed by atoms with Gasteiger partial charge in [-0.15, -0.1) is 6.58 Å². The second-order valence-electron chi connectivity index (χ2n) is 5.96. The van der Waals surface area contributed by atoms with Crippen LogP contribution in [0.2, 0.25) is 0 Å². The summed E-state index contributed by atoms with van der Waals surface area (Å²) in [6.45, 7) is 6.28. The van der Waals surface area contributed by atoms with Crippen molar-refractivity contribution in [3.8, 4) is 17.2 Å². The molecule has 128 valence electrons. The monoisotopic (exact) mass is 333 g/mol. The Morgan fingerprint density at radius 3 is 2.52 bits per heavy atom. The number of ether oxygens (including phenoxy) is 1. The van der Waals surface area contributed by atoms with Crippen LogP contribution < -0.4 is 4.74 Å². The Bertz CT molecular complexity index is 804. The third-order valence-electron chi connectivity index (χ3n) is 4.08. The van der Waals surface area contributed by atoms with E-state index in [-0.39, 0.29) is 0 Å². The number of hydrogen-bond donors (Lipinski definition) is 0. The lowest BCUT2D eigenvalue weighted by Gasteiger charge is -2.06. The van der Waals surface area contributed by atoms with Crippen molar-refractivity contribution in [3.63, 3.8) is 0 Å². The minimum atomic E-state index is 0.577. The summed E-state index contributed by atoms with van der Waals surface area (Å²) >= 11 is 0. The number of nitrogens with zero attached hydrogens (tertiary/aromatic N) is 1. The molecule has 0 aliphatic heterocycles. The van der Waals surface area contributed by atoms with E-state index in [2.05, 4.69) is 23.7 Å². The zero-order chi connectivity index (χ0) is 17.5. The molecule has 3 aromatic rings. The van der Waals surface area contributed by atoms with Crippen molar-refractivity contribution in [1.29, 1.82) is 0 Å². The highest BCUT2D eigenvalue weighted by molar-refractivity contribution is 5.53. The molecule has 2 aromatic carbocycles. The Labute approximate surface area is 149 Å². The molecular weight excluding hydrogens is 310 g/mol. The molecule has 3 rings (SSSR count). The molecule has 0 radical (unpaired) electrons. The highest BCUT2D eigenvalue weighted by Crippen LogP contribution is 2.22. The molecule has 0 saturated carbocycles. The van der Waals surface area contributed by atoms with Gasteiger partial charge in [0.05, 0.1) is 12.3 Å². The maximum absolute atomic E-state index is 5.84. The number of oxazole rings is 1. The van der Waals surface area contributed by atoms with Gasteiger partial charge in [0.25, 0.3) is 0 Å².